The molecule has 1 radical (unpaired) electrons. The highest BCUT2D eigenvalue weighted by atomic mass is 16.7. The van der Waals surface area contributed by atoms with E-state index in [1.807, 2.05) is 36.4 Å². The zero-order valence-corrected chi connectivity index (χ0v) is 9.31. The molecule has 1 aliphatic rings. The predicted octanol–water partition coefficient (Wildman–Crippen LogP) is 2.63. The van der Waals surface area contributed by atoms with E-state index in [1.165, 1.54) is 0 Å². The van der Waals surface area contributed by atoms with Gasteiger partial charge in [0.05, 0.1) is 20.3 Å². The van der Waals surface area contributed by atoms with Crippen molar-refractivity contribution in [1.29, 1.82) is 0 Å². The Hall–Kier alpha value is -1.32. The zero-order chi connectivity index (χ0) is 11.2. The van der Waals surface area contributed by atoms with E-state index in [1.54, 1.807) is 7.11 Å². The fourth-order valence-corrected chi connectivity index (χ4v) is 1.48. The van der Waals surface area contributed by atoms with Crippen LogP contribution in [0.2, 0.25) is 0 Å². The molecule has 0 spiro atoms. The van der Waals surface area contributed by atoms with Crippen LogP contribution in [0.15, 0.2) is 30.3 Å². The first-order valence-electron chi connectivity index (χ1n) is 5.30. The normalized spacial score (nSPS) is 17.1. The van der Waals surface area contributed by atoms with Crippen LogP contribution < -0.4 is 4.74 Å². The summed E-state index contributed by atoms with van der Waals surface area (Å²) in [5, 5.41) is 0. The van der Waals surface area contributed by atoms with Crippen molar-refractivity contribution in [3.63, 3.8) is 0 Å². The maximum absolute atomic E-state index is 5.25. The first-order chi connectivity index (χ1) is 7.88. The molecule has 0 aromatic heterocycles. The Kier molecular flexibility index (Phi) is 3.97. The molecule has 0 N–H and O–H groups in total. The molecule has 1 aromatic carbocycles. The van der Waals surface area contributed by atoms with Gasteiger partial charge in [-0.15, -0.1) is 0 Å². The molecule has 1 aliphatic heterocycles. The minimum atomic E-state index is 0.672. The van der Waals surface area contributed by atoms with Gasteiger partial charge in [0.25, 0.3) is 0 Å². The second kappa shape index (κ2) is 5.68. The summed E-state index contributed by atoms with van der Waals surface area (Å²) in [6.45, 7) is 1.34. The highest BCUT2D eigenvalue weighted by molar-refractivity contribution is 5.50. The minimum Gasteiger partial charge on any atom is -0.497 e. The van der Waals surface area contributed by atoms with Crippen LogP contribution in [0.25, 0.3) is 6.08 Å². The maximum atomic E-state index is 5.25. The lowest BCUT2D eigenvalue weighted by Crippen LogP contribution is -1.93. The average Bonchev–Trinajstić information content (AvgIpc) is 2.83. The predicted molar refractivity (Wildman–Crippen MR) is 61.8 cm³/mol. The number of hydrogen-bond acceptors (Lipinski definition) is 3. The van der Waals surface area contributed by atoms with Crippen molar-refractivity contribution in [2.75, 3.05) is 20.3 Å². The summed E-state index contributed by atoms with van der Waals surface area (Å²) in [4.78, 5) is 0. The molecule has 85 valence electrons. The van der Waals surface area contributed by atoms with Gasteiger partial charge in [-0.1, -0.05) is 24.3 Å². The van der Waals surface area contributed by atoms with E-state index in [0.717, 1.165) is 11.3 Å². The maximum Gasteiger partial charge on any atom is 0.227 e. The van der Waals surface area contributed by atoms with Gasteiger partial charge in [0.2, 0.25) is 6.29 Å². The van der Waals surface area contributed by atoms with E-state index < -0.39 is 0 Å². The summed E-state index contributed by atoms with van der Waals surface area (Å²) < 4.78 is 15.6. The van der Waals surface area contributed by atoms with Gasteiger partial charge in [-0.25, -0.2) is 0 Å². The summed E-state index contributed by atoms with van der Waals surface area (Å²) in [5.41, 5.74) is 1.14. The van der Waals surface area contributed by atoms with Crippen LogP contribution >= 0.6 is 0 Å². The third-order valence-corrected chi connectivity index (χ3v) is 2.32. The lowest BCUT2D eigenvalue weighted by atomic mass is 10.2. The average molecular weight is 219 g/mol. The van der Waals surface area contributed by atoms with E-state index in [-0.39, 0.29) is 0 Å². The van der Waals surface area contributed by atoms with Gasteiger partial charge < -0.3 is 14.2 Å². The monoisotopic (exact) mass is 219 g/mol. The van der Waals surface area contributed by atoms with Crippen molar-refractivity contribution in [3.05, 3.63) is 42.2 Å². The van der Waals surface area contributed by atoms with Gasteiger partial charge in [-0.2, -0.15) is 0 Å². The van der Waals surface area contributed by atoms with Crippen LogP contribution in [0.3, 0.4) is 0 Å². The smallest absolute Gasteiger partial charge is 0.227 e. The number of rotatable bonds is 4. The third kappa shape index (κ3) is 3.08. The molecule has 16 heavy (non-hydrogen) atoms. The van der Waals surface area contributed by atoms with E-state index in [2.05, 4.69) is 0 Å². The van der Waals surface area contributed by atoms with E-state index >= 15 is 0 Å². The van der Waals surface area contributed by atoms with Crippen LogP contribution in [-0.4, -0.2) is 20.3 Å². The Morgan fingerprint density at radius 3 is 2.50 bits per heavy atom. The number of hydrogen-bond donors (Lipinski definition) is 0. The molecule has 1 heterocycles. The fraction of sp³-hybridized carbons (Fsp3) is 0.308. The summed E-state index contributed by atoms with van der Waals surface area (Å²) in [6, 6.07) is 7.90. The quantitative estimate of drug-likeness (QED) is 0.779. The molecule has 3 nitrogen and oxygen atoms in total. The Balaban J connectivity index is 1.84. The van der Waals surface area contributed by atoms with Crippen LogP contribution in [0.5, 0.6) is 5.75 Å². The van der Waals surface area contributed by atoms with Gasteiger partial charge in [-0.05, 0) is 17.7 Å². The summed E-state index contributed by atoms with van der Waals surface area (Å²) >= 11 is 0. The Bertz CT molecular complexity index is 337. The van der Waals surface area contributed by atoms with Crippen molar-refractivity contribution < 1.29 is 14.2 Å². The third-order valence-electron chi connectivity index (χ3n) is 2.32. The van der Waals surface area contributed by atoms with Crippen molar-refractivity contribution in [1.82, 2.24) is 0 Å². The van der Waals surface area contributed by atoms with Gasteiger partial charge in [0.15, 0.2) is 0 Å². The molecular weight excluding hydrogens is 204 g/mol. The lowest BCUT2D eigenvalue weighted by molar-refractivity contribution is 0.0736. The second-order valence-corrected chi connectivity index (χ2v) is 3.45. The van der Waals surface area contributed by atoms with Gasteiger partial charge >= 0.3 is 0 Å². The molecule has 0 bridgehead atoms. The van der Waals surface area contributed by atoms with Gasteiger partial charge in [-0.3, -0.25) is 0 Å². The van der Waals surface area contributed by atoms with Crippen molar-refractivity contribution in [2.24, 2.45) is 0 Å². The number of benzene rings is 1. The molecule has 1 saturated heterocycles. The molecule has 0 saturated carbocycles. The highest BCUT2D eigenvalue weighted by Crippen LogP contribution is 2.18. The first kappa shape index (κ1) is 11.2. The molecule has 1 aromatic rings. The minimum absolute atomic E-state index is 0.672. The number of ether oxygens (including phenoxy) is 3. The first-order valence-corrected chi connectivity index (χ1v) is 5.30. The molecule has 0 atom stereocenters. The molecule has 3 heteroatoms. The van der Waals surface area contributed by atoms with Crippen molar-refractivity contribution >= 4 is 6.08 Å². The summed E-state index contributed by atoms with van der Waals surface area (Å²) in [6.07, 6.45) is 5.50. The SMILES string of the molecule is COc1ccc(C=CC[C]2OCCO2)cc1. The molecular formula is C13H15O3. The van der Waals surface area contributed by atoms with E-state index in [4.69, 9.17) is 14.2 Å². The van der Waals surface area contributed by atoms with Crippen molar-refractivity contribution in [3.8, 4) is 5.75 Å². The lowest BCUT2D eigenvalue weighted by Gasteiger charge is -2.02. The standard InChI is InChI=1S/C13H15O3/c1-14-12-7-5-11(6-8-12)3-2-4-13-15-9-10-16-13/h2-3,5-8H,4,9-10H2,1H3. The number of methoxy groups -OCH3 is 1. The van der Waals surface area contributed by atoms with Crippen LogP contribution in [-0.2, 0) is 9.47 Å². The Morgan fingerprint density at radius 1 is 1.19 bits per heavy atom. The van der Waals surface area contributed by atoms with Gasteiger partial charge in [0.1, 0.15) is 5.75 Å². The molecule has 0 amide bonds. The molecule has 0 aliphatic carbocycles. The van der Waals surface area contributed by atoms with Crippen LogP contribution in [0, 0.1) is 6.29 Å². The van der Waals surface area contributed by atoms with Gasteiger partial charge in [0, 0.05) is 6.42 Å². The molecule has 1 fully saturated rings. The van der Waals surface area contributed by atoms with E-state index in [0.29, 0.717) is 25.9 Å². The Morgan fingerprint density at radius 2 is 1.88 bits per heavy atom. The summed E-state index contributed by atoms with van der Waals surface area (Å²) in [7, 11) is 1.66. The Labute approximate surface area is 95.6 Å². The largest absolute Gasteiger partial charge is 0.497 e. The van der Waals surface area contributed by atoms with Crippen LogP contribution in [0.1, 0.15) is 12.0 Å². The molecule has 0 unspecified atom stereocenters. The van der Waals surface area contributed by atoms with E-state index in [9.17, 15) is 0 Å². The zero-order valence-electron chi connectivity index (χ0n) is 9.31. The van der Waals surface area contributed by atoms with Crippen LogP contribution in [0.4, 0.5) is 0 Å². The highest BCUT2D eigenvalue weighted by Gasteiger charge is 2.15. The van der Waals surface area contributed by atoms with Crippen molar-refractivity contribution in [2.45, 2.75) is 6.42 Å². The summed E-state index contributed by atoms with van der Waals surface area (Å²) in [5.74, 6) is 0.869. The topological polar surface area (TPSA) is 27.7 Å². The fourth-order valence-electron chi connectivity index (χ4n) is 1.48. The second-order valence-electron chi connectivity index (χ2n) is 3.45. The molecule has 2 rings (SSSR count).